The second kappa shape index (κ2) is 48.0. The minimum atomic E-state index is -0.219. The second-order valence-corrected chi connectivity index (χ2v) is 29.6. The monoisotopic (exact) mass is 1210 g/mol. The first-order valence-corrected chi connectivity index (χ1v) is 31.5. The van der Waals surface area contributed by atoms with E-state index in [1.807, 2.05) is 72.5 Å². The van der Waals surface area contributed by atoms with Crippen LogP contribution in [-0.2, 0) is 47.5 Å². The van der Waals surface area contributed by atoms with Gasteiger partial charge in [0.05, 0.1) is 119 Å². The van der Waals surface area contributed by atoms with Gasteiger partial charge in [-0.05, 0) is 229 Å². The Kier molecular flexibility index (Phi) is 50.6. The predicted molar refractivity (Wildman–Crippen MR) is 353 cm³/mol. The molecule has 506 valence electrons. The summed E-state index contributed by atoms with van der Waals surface area (Å²) in [6.45, 7) is 65.1. The van der Waals surface area contributed by atoms with Crippen molar-refractivity contribution in [3.8, 4) is 0 Å². The first kappa shape index (κ1) is 88.5. The molecule has 3 aliphatic rings. The Balaban J connectivity index is -0.000000446. The molecule has 18 heteroatoms. The van der Waals surface area contributed by atoms with Gasteiger partial charge in [-0.25, -0.2) is 0 Å². The highest BCUT2D eigenvalue weighted by molar-refractivity contribution is 5.80. The zero-order chi connectivity index (χ0) is 65.9. The van der Waals surface area contributed by atoms with Gasteiger partial charge < -0.3 is 63.9 Å². The molecule has 0 aromatic rings. The fourth-order valence-electron chi connectivity index (χ4n) is 7.40. The Morgan fingerprint density at radius 3 is 1.35 bits per heavy atom. The number of likely N-dealkylation sites (N-methyl/N-ethyl adjacent to an activating group) is 4. The SMILES string of the molecule is C=C(O)CN(C)CCOC(C)(C)C.CC(C)(C)OCC1CCNCC1.CC(C)(C)OCCN1CCOCC1.CN1CCC(COC(C)(C)C)CC1.CNCC(=O)CC(C)(C)C.CNCCOC(C)(C)C.COC(=O)CN(C)CCOC(C)(C)C. The van der Waals surface area contributed by atoms with Crippen LogP contribution in [0.2, 0.25) is 0 Å². The first-order chi connectivity index (χ1) is 38.3. The van der Waals surface area contributed by atoms with Crippen LogP contribution in [0.5, 0.6) is 0 Å². The van der Waals surface area contributed by atoms with Crippen LogP contribution in [0.4, 0.5) is 0 Å². The summed E-state index contributed by atoms with van der Waals surface area (Å²) >= 11 is 0. The lowest BCUT2D eigenvalue weighted by Gasteiger charge is -2.31. The smallest absolute Gasteiger partial charge is 0.319 e. The van der Waals surface area contributed by atoms with Gasteiger partial charge in [-0.1, -0.05) is 27.4 Å². The quantitative estimate of drug-likeness (QED) is 0.0431. The van der Waals surface area contributed by atoms with E-state index in [1.165, 1.54) is 45.9 Å². The third-order valence-corrected chi connectivity index (χ3v) is 11.9. The standard InChI is InChI=1S/C11H23NO.C10H21NO3.2C10H21NO2.C10H21NO.C8H17NO.C7H17NO/c1-11(2,3)13-9-10-5-7-12(4)8-6-10;1-10(2,3)14-7-6-11(4)8-9(12)13-5;1-10(2,3)13-9-6-11-4-7-12-8-5-11;1-9(12)8-11(5)6-7-13-10(2,3)4;1-10(2,3)12-8-9-4-6-11-7-5-9;1-8(2,3)5-7(10)6-9-4;1-7(2,3)9-6-5-8-4/h10H,5-9H2,1-4H3;6-8H2,1-5H3;4-9H2,1-3H3;12H,1,6-8H2,2-5H3;9,11H,4-8H2,1-3H3;9H,5-6H2,1-4H3;8H,5-6H2,1-4H3. The molecule has 3 aliphatic heterocycles. The van der Waals surface area contributed by atoms with Crippen molar-refractivity contribution in [2.24, 2.45) is 17.3 Å². The Morgan fingerprint density at radius 2 is 0.976 bits per heavy atom. The van der Waals surface area contributed by atoms with Gasteiger partial charge in [0.2, 0.25) is 0 Å². The van der Waals surface area contributed by atoms with Crippen molar-refractivity contribution >= 4 is 11.8 Å². The molecule has 4 N–H and O–H groups in total. The summed E-state index contributed by atoms with van der Waals surface area (Å²) in [7, 11) is 11.1. The van der Waals surface area contributed by atoms with Gasteiger partial charge in [0.25, 0.3) is 0 Å². The van der Waals surface area contributed by atoms with E-state index < -0.39 is 0 Å². The normalized spacial score (nSPS) is 16.2. The summed E-state index contributed by atoms with van der Waals surface area (Å²) in [5, 5.41) is 18.1. The number of hydrogen-bond donors (Lipinski definition) is 4. The van der Waals surface area contributed by atoms with Gasteiger partial charge in [-0.2, -0.15) is 0 Å². The molecule has 0 aliphatic carbocycles. The topological polar surface area (TPSA) is 177 Å². The summed E-state index contributed by atoms with van der Waals surface area (Å²) in [5.41, 5.74) is -0.00549. The molecular weight excluding hydrogens is 1070 g/mol. The van der Waals surface area contributed by atoms with Crippen molar-refractivity contribution in [1.82, 2.24) is 35.6 Å². The number of hydrogen-bond acceptors (Lipinski definition) is 18. The Hall–Kier alpha value is -1.88. The largest absolute Gasteiger partial charge is 0.512 e. The third-order valence-electron chi connectivity index (χ3n) is 11.9. The van der Waals surface area contributed by atoms with Crippen LogP contribution < -0.4 is 16.0 Å². The number of nitrogens with one attached hydrogen (secondary N) is 3. The number of Topliss-reactive ketones (excluding diaryl/α,β-unsaturated/α-hetero) is 1. The maximum atomic E-state index is 11.0. The number of carbonyl (C=O) groups is 2. The molecule has 0 amide bonds. The molecule has 18 nitrogen and oxygen atoms in total. The number of rotatable bonds is 23. The van der Waals surface area contributed by atoms with Gasteiger partial charge in [0.15, 0.2) is 0 Å². The van der Waals surface area contributed by atoms with Crippen molar-refractivity contribution in [2.45, 2.75) is 211 Å². The number of aliphatic hydroxyl groups is 1. The number of piperidine rings is 2. The second-order valence-electron chi connectivity index (χ2n) is 29.6. The molecule has 0 spiro atoms. The van der Waals surface area contributed by atoms with Gasteiger partial charge in [-0.3, -0.25) is 24.3 Å². The van der Waals surface area contributed by atoms with E-state index in [9.17, 15) is 9.59 Å². The average molecular weight is 1210 g/mol. The maximum absolute atomic E-state index is 11.0. The Morgan fingerprint density at radius 1 is 0.583 bits per heavy atom. The molecular formula is C66H141N7O11. The van der Waals surface area contributed by atoms with Crippen molar-refractivity contribution in [3.63, 3.8) is 0 Å². The van der Waals surface area contributed by atoms with E-state index in [2.05, 4.69) is 148 Å². The molecule has 0 saturated carbocycles. The van der Waals surface area contributed by atoms with Crippen LogP contribution in [0.25, 0.3) is 0 Å². The molecule has 0 aromatic carbocycles. The minimum absolute atomic E-state index is 0.00765. The number of carbonyl (C=O) groups excluding carboxylic acids is 2. The molecule has 84 heavy (non-hydrogen) atoms. The third kappa shape index (κ3) is 76.2. The molecule has 3 heterocycles. The lowest BCUT2D eigenvalue weighted by atomic mass is 9.90. The number of ether oxygens (including phenoxy) is 8. The fraction of sp³-hybridized carbons (Fsp3) is 0.939. The van der Waals surface area contributed by atoms with Gasteiger partial charge in [-0.15, -0.1) is 0 Å². The van der Waals surface area contributed by atoms with Crippen molar-refractivity contribution in [1.29, 1.82) is 0 Å². The minimum Gasteiger partial charge on any atom is -0.512 e. The lowest BCUT2D eigenvalue weighted by Crippen LogP contribution is -2.39. The van der Waals surface area contributed by atoms with Crippen molar-refractivity contribution < 1.29 is 52.6 Å². The molecule has 3 fully saturated rings. The number of likely N-dealkylation sites (tertiary alicyclic amines) is 1. The number of methoxy groups -OCH3 is 1. The highest BCUT2D eigenvalue weighted by Crippen LogP contribution is 2.20. The summed E-state index contributed by atoms with van der Waals surface area (Å²) in [6, 6.07) is 0. The molecule has 0 aromatic heterocycles. The summed E-state index contributed by atoms with van der Waals surface area (Å²) < 4.78 is 43.4. The van der Waals surface area contributed by atoms with Gasteiger partial charge in [0, 0.05) is 45.7 Å². The van der Waals surface area contributed by atoms with Crippen LogP contribution in [-0.4, -0.2) is 250 Å². The highest BCUT2D eigenvalue weighted by Gasteiger charge is 2.21. The van der Waals surface area contributed by atoms with E-state index >= 15 is 0 Å². The zero-order valence-electron chi connectivity index (χ0n) is 60.1. The van der Waals surface area contributed by atoms with E-state index in [-0.39, 0.29) is 56.5 Å². The van der Waals surface area contributed by atoms with Crippen molar-refractivity contribution in [2.75, 3.05) is 180 Å². The van der Waals surface area contributed by atoms with Crippen LogP contribution in [0, 0.1) is 17.3 Å². The van der Waals surface area contributed by atoms with Crippen LogP contribution in [0.3, 0.4) is 0 Å². The van der Waals surface area contributed by atoms with Crippen molar-refractivity contribution in [3.05, 3.63) is 12.3 Å². The van der Waals surface area contributed by atoms with Gasteiger partial charge >= 0.3 is 5.97 Å². The lowest BCUT2D eigenvalue weighted by molar-refractivity contribution is -0.141. The number of ketones is 1. The molecule has 0 unspecified atom stereocenters. The number of esters is 1. The number of morpholine rings is 1. The summed E-state index contributed by atoms with van der Waals surface area (Å²) in [4.78, 5) is 30.5. The first-order valence-electron chi connectivity index (χ1n) is 31.5. The highest BCUT2D eigenvalue weighted by atomic mass is 16.5. The summed E-state index contributed by atoms with van der Waals surface area (Å²) in [5.74, 6) is 1.83. The Bertz CT molecular complexity index is 1560. The number of aliphatic hydroxyl groups excluding tert-OH is 1. The Labute approximate surface area is 519 Å². The molecule has 3 rings (SSSR count). The van der Waals surface area contributed by atoms with Crippen LogP contribution >= 0.6 is 0 Å². The van der Waals surface area contributed by atoms with E-state index in [1.54, 1.807) is 7.05 Å². The maximum Gasteiger partial charge on any atom is 0.319 e. The van der Waals surface area contributed by atoms with Gasteiger partial charge in [0.1, 0.15) is 5.78 Å². The van der Waals surface area contributed by atoms with E-state index in [4.69, 9.17) is 38.3 Å². The molecule has 0 bridgehead atoms. The van der Waals surface area contributed by atoms with Crippen LogP contribution in [0.1, 0.15) is 178 Å². The van der Waals surface area contributed by atoms with E-state index in [0.717, 1.165) is 104 Å². The average Bonchev–Trinajstić information content (AvgIpc) is 3.33. The summed E-state index contributed by atoms with van der Waals surface area (Å²) in [6.07, 6.45) is 5.80. The number of nitrogens with zero attached hydrogens (tertiary/aromatic N) is 4. The molecule has 0 radical (unpaired) electrons. The van der Waals surface area contributed by atoms with Crippen LogP contribution in [0.15, 0.2) is 12.3 Å². The molecule has 0 atom stereocenters. The molecule has 3 saturated heterocycles. The zero-order valence-corrected chi connectivity index (χ0v) is 60.1. The fourth-order valence-corrected chi connectivity index (χ4v) is 7.40. The predicted octanol–water partition coefficient (Wildman–Crippen LogP) is 10.0. The van der Waals surface area contributed by atoms with E-state index in [0.29, 0.717) is 39.3 Å².